The molecule has 0 amide bonds. The molecule has 0 bridgehead atoms. The molecule has 1 aromatic carbocycles. The smallest absolute Gasteiger partial charge is 0.203 e. The van der Waals surface area contributed by atoms with Gasteiger partial charge in [-0.15, -0.1) is 0 Å². The van der Waals surface area contributed by atoms with Crippen LogP contribution in [0.3, 0.4) is 0 Å². The molecule has 1 aromatic heterocycles. The maximum Gasteiger partial charge on any atom is 0.203 e. The van der Waals surface area contributed by atoms with Gasteiger partial charge in [0.05, 0.1) is 0 Å². The standard InChI is InChI=1S/C14H19N3/c1-2-3-10-17-11-9-15-14(17)16-12-13-7-5-4-6-8-13/h4-9,11H,2-3,10,12H2,1H3,(H,15,16). The molecule has 3 nitrogen and oxygen atoms in total. The van der Waals surface area contributed by atoms with Crippen LogP contribution in [0.15, 0.2) is 42.7 Å². The molecule has 0 aliphatic rings. The van der Waals surface area contributed by atoms with Crippen molar-refractivity contribution in [3.05, 3.63) is 48.3 Å². The third-order valence-electron chi connectivity index (χ3n) is 2.76. The predicted octanol–water partition coefficient (Wildman–Crippen LogP) is 3.30. The van der Waals surface area contributed by atoms with Gasteiger partial charge in [-0.1, -0.05) is 43.7 Å². The highest BCUT2D eigenvalue weighted by atomic mass is 15.2. The van der Waals surface area contributed by atoms with Crippen LogP contribution in [-0.4, -0.2) is 9.55 Å². The van der Waals surface area contributed by atoms with Crippen molar-refractivity contribution >= 4 is 5.95 Å². The first-order chi connectivity index (χ1) is 8.40. The lowest BCUT2D eigenvalue weighted by Crippen LogP contribution is -2.07. The van der Waals surface area contributed by atoms with Gasteiger partial charge in [0.2, 0.25) is 5.95 Å². The third-order valence-corrected chi connectivity index (χ3v) is 2.76. The summed E-state index contributed by atoms with van der Waals surface area (Å²) >= 11 is 0. The van der Waals surface area contributed by atoms with E-state index in [2.05, 4.69) is 46.1 Å². The Kier molecular flexibility index (Phi) is 4.19. The Bertz CT molecular complexity index is 434. The Hall–Kier alpha value is -1.77. The van der Waals surface area contributed by atoms with Crippen LogP contribution in [0.2, 0.25) is 0 Å². The fourth-order valence-corrected chi connectivity index (χ4v) is 1.76. The monoisotopic (exact) mass is 229 g/mol. The number of nitrogens with one attached hydrogen (secondary N) is 1. The number of anilines is 1. The lowest BCUT2D eigenvalue weighted by molar-refractivity contribution is 0.635. The average molecular weight is 229 g/mol. The number of hydrogen-bond donors (Lipinski definition) is 1. The fraction of sp³-hybridized carbons (Fsp3) is 0.357. The number of aromatic nitrogens is 2. The van der Waals surface area contributed by atoms with Gasteiger partial charge in [-0.3, -0.25) is 0 Å². The molecule has 0 saturated carbocycles. The summed E-state index contributed by atoms with van der Waals surface area (Å²) in [5.74, 6) is 0.960. The summed E-state index contributed by atoms with van der Waals surface area (Å²) in [5, 5.41) is 3.37. The summed E-state index contributed by atoms with van der Waals surface area (Å²) in [6, 6.07) is 10.4. The number of imidazole rings is 1. The molecule has 90 valence electrons. The van der Waals surface area contributed by atoms with Crippen molar-refractivity contribution in [2.45, 2.75) is 32.9 Å². The van der Waals surface area contributed by atoms with Gasteiger partial charge in [-0.2, -0.15) is 0 Å². The maximum absolute atomic E-state index is 4.34. The van der Waals surface area contributed by atoms with Crippen molar-refractivity contribution in [2.24, 2.45) is 0 Å². The number of aryl methyl sites for hydroxylation is 1. The Labute approximate surface area is 103 Å². The summed E-state index contributed by atoms with van der Waals surface area (Å²) in [5.41, 5.74) is 1.28. The van der Waals surface area contributed by atoms with Crippen LogP contribution < -0.4 is 5.32 Å². The predicted molar refractivity (Wildman–Crippen MR) is 70.9 cm³/mol. The molecule has 0 unspecified atom stereocenters. The van der Waals surface area contributed by atoms with Gasteiger partial charge >= 0.3 is 0 Å². The zero-order valence-electron chi connectivity index (χ0n) is 10.3. The summed E-state index contributed by atoms with van der Waals surface area (Å²) in [4.78, 5) is 4.34. The molecule has 0 atom stereocenters. The Morgan fingerprint density at radius 1 is 1.24 bits per heavy atom. The number of hydrogen-bond acceptors (Lipinski definition) is 2. The zero-order chi connectivity index (χ0) is 11.9. The highest BCUT2D eigenvalue weighted by molar-refractivity contribution is 5.28. The van der Waals surface area contributed by atoms with E-state index in [4.69, 9.17) is 0 Å². The summed E-state index contributed by atoms with van der Waals surface area (Å²) in [7, 11) is 0. The van der Waals surface area contributed by atoms with Gasteiger partial charge in [-0.05, 0) is 12.0 Å². The topological polar surface area (TPSA) is 29.9 Å². The molecule has 0 saturated heterocycles. The summed E-state index contributed by atoms with van der Waals surface area (Å²) in [6.45, 7) is 4.06. The second kappa shape index (κ2) is 6.09. The van der Waals surface area contributed by atoms with E-state index in [1.165, 1.54) is 18.4 Å². The first-order valence-electron chi connectivity index (χ1n) is 6.19. The molecular weight excluding hydrogens is 210 g/mol. The van der Waals surface area contributed by atoms with Crippen LogP contribution in [0, 0.1) is 0 Å². The first kappa shape index (κ1) is 11.7. The molecule has 0 spiro atoms. The van der Waals surface area contributed by atoms with Crippen LogP contribution in [0.25, 0.3) is 0 Å². The van der Waals surface area contributed by atoms with Crippen molar-refractivity contribution in [1.82, 2.24) is 9.55 Å². The number of nitrogens with zero attached hydrogens (tertiary/aromatic N) is 2. The first-order valence-corrected chi connectivity index (χ1v) is 6.19. The average Bonchev–Trinajstić information content (AvgIpc) is 2.82. The molecule has 0 aliphatic carbocycles. The van der Waals surface area contributed by atoms with E-state index < -0.39 is 0 Å². The fourth-order valence-electron chi connectivity index (χ4n) is 1.76. The van der Waals surface area contributed by atoms with Crippen LogP contribution in [0.4, 0.5) is 5.95 Å². The largest absolute Gasteiger partial charge is 0.352 e. The van der Waals surface area contributed by atoms with E-state index in [1.807, 2.05) is 18.5 Å². The molecule has 3 heteroatoms. The normalized spacial score (nSPS) is 10.4. The van der Waals surface area contributed by atoms with Gasteiger partial charge in [0.15, 0.2) is 0 Å². The molecule has 2 aromatic rings. The molecule has 17 heavy (non-hydrogen) atoms. The van der Waals surface area contributed by atoms with Gasteiger partial charge in [0.25, 0.3) is 0 Å². The second-order valence-electron chi connectivity index (χ2n) is 4.14. The number of benzene rings is 1. The Balaban J connectivity index is 1.92. The molecule has 0 aliphatic heterocycles. The van der Waals surface area contributed by atoms with E-state index in [-0.39, 0.29) is 0 Å². The SMILES string of the molecule is CCCCn1ccnc1NCc1ccccc1. The zero-order valence-corrected chi connectivity index (χ0v) is 10.3. The highest BCUT2D eigenvalue weighted by Gasteiger charge is 2.01. The summed E-state index contributed by atoms with van der Waals surface area (Å²) < 4.78 is 2.17. The third kappa shape index (κ3) is 3.34. The lowest BCUT2D eigenvalue weighted by atomic mass is 10.2. The minimum atomic E-state index is 0.823. The van der Waals surface area contributed by atoms with Crippen LogP contribution in [0.5, 0.6) is 0 Å². The van der Waals surface area contributed by atoms with Gasteiger partial charge < -0.3 is 9.88 Å². The second-order valence-corrected chi connectivity index (χ2v) is 4.14. The van der Waals surface area contributed by atoms with Gasteiger partial charge in [0.1, 0.15) is 0 Å². The molecule has 0 radical (unpaired) electrons. The van der Waals surface area contributed by atoms with Gasteiger partial charge in [-0.25, -0.2) is 4.98 Å². The van der Waals surface area contributed by atoms with Crippen LogP contribution >= 0.6 is 0 Å². The minimum Gasteiger partial charge on any atom is -0.352 e. The van der Waals surface area contributed by atoms with Crippen molar-refractivity contribution in [3.63, 3.8) is 0 Å². The van der Waals surface area contributed by atoms with Gasteiger partial charge in [0, 0.05) is 25.5 Å². The van der Waals surface area contributed by atoms with E-state index >= 15 is 0 Å². The molecular formula is C14H19N3. The van der Waals surface area contributed by atoms with Crippen molar-refractivity contribution in [1.29, 1.82) is 0 Å². The van der Waals surface area contributed by atoms with Crippen molar-refractivity contribution in [2.75, 3.05) is 5.32 Å². The quantitative estimate of drug-likeness (QED) is 0.823. The van der Waals surface area contributed by atoms with E-state index in [9.17, 15) is 0 Å². The van der Waals surface area contributed by atoms with Crippen molar-refractivity contribution in [3.8, 4) is 0 Å². The molecule has 1 N–H and O–H groups in total. The Morgan fingerprint density at radius 3 is 2.82 bits per heavy atom. The molecule has 1 heterocycles. The highest BCUT2D eigenvalue weighted by Crippen LogP contribution is 2.08. The Morgan fingerprint density at radius 2 is 2.06 bits per heavy atom. The number of unbranched alkanes of at least 4 members (excludes halogenated alkanes) is 1. The van der Waals surface area contributed by atoms with E-state index in [0.29, 0.717) is 0 Å². The van der Waals surface area contributed by atoms with Crippen LogP contribution in [-0.2, 0) is 13.1 Å². The lowest BCUT2D eigenvalue weighted by Gasteiger charge is -2.09. The van der Waals surface area contributed by atoms with E-state index in [1.54, 1.807) is 0 Å². The summed E-state index contributed by atoms with van der Waals surface area (Å²) in [6.07, 6.45) is 6.28. The van der Waals surface area contributed by atoms with Crippen LogP contribution in [0.1, 0.15) is 25.3 Å². The van der Waals surface area contributed by atoms with Crippen molar-refractivity contribution < 1.29 is 0 Å². The molecule has 0 fully saturated rings. The number of rotatable bonds is 6. The minimum absolute atomic E-state index is 0.823. The molecule has 2 rings (SSSR count). The van der Waals surface area contributed by atoms with E-state index in [0.717, 1.165) is 19.0 Å². The maximum atomic E-state index is 4.34.